The third-order valence-electron chi connectivity index (χ3n) is 1.77. The van der Waals surface area contributed by atoms with Crippen molar-refractivity contribution in [2.45, 2.75) is 13.0 Å². The highest BCUT2D eigenvalue weighted by molar-refractivity contribution is 6.72. The number of nitrogens with zero attached hydrogens (tertiary/aromatic N) is 3. The molecule has 3 N–H and O–H groups in total. The van der Waals surface area contributed by atoms with Gasteiger partial charge in [0.25, 0.3) is 0 Å². The molecule has 0 aliphatic heterocycles. The molecule has 0 saturated carbocycles. The number of hydrazine groups is 3. The van der Waals surface area contributed by atoms with E-state index in [4.69, 9.17) is 0 Å². The Labute approximate surface area is 94.8 Å². The summed E-state index contributed by atoms with van der Waals surface area (Å²) in [6, 6.07) is 1.03. The molecule has 0 heterocycles. The topological polar surface area (TPSA) is 45.8 Å². The molecule has 0 spiro atoms. The predicted molar refractivity (Wildman–Crippen MR) is 66.7 cm³/mol. The minimum Gasteiger partial charge on any atom is -0.255 e. The van der Waals surface area contributed by atoms with Crippen LogP contribution < -0.4 is 15.3 Å². The quantitative estimate of drug-likeness (QED) is 0.394. The van der Waals surface area contributed by atoms with Crippen molar-refractivity contribution < 1.29 is 0 Å². The van der Waals surface area contributed by atoms with E-state index in [1.54, 1.807) is 0 Å². The van der Waals surface area contributed by atoms with Gasteiger partial charge in [-0.1, -0.05) is 6.92 Å². The summed E-state index contributed by atoms with van der Waals surface area (Å²) in [6.07, 6.45) is 0. The summed E-state index contributed by atoms with van der Waals surface area (Å²) in [4.78, 5) is 0. The average Bonchev–Trinajstić information content (AvgIpc) is 1.99. The van der Waals surface area contributed by atoms with E-state index in [9.17, 15) is 0 Å². The lowest BCUT2D eigenvalue weighted by Gasteiger charge is -2.39. The zero-order chi connectivity index (χ0) is 12.1. The maximum Gasteiger partial charge on any atom is 0.322 e. The molecule has 6 nitrogen and oxygen atoms in total. The van der Waals surface area contributed by atoms with Gasteiger partial charge in [0, 0.05) is 42.3 Å². The summed E-state index contributed by atoms with van der Waals surface area (Å²) < 4.78 is 0. The van der Waals surface area contributed by atoms with Crippen LogP contribution in [0, 0.1) is 0 Å². The maximum absolute atomic E-state index is 3.47. The summed E-state index contributed by atoms with van der Waals surface area (Å²) in [5.74, 6) is 0. The Morgan fingerprint density at radius 1 is 0.733 bits per heavy atom. The third-order valence-corrected chi connectivity index (χ3v) is 5.32. The van der Waals surface area contributed by atoms with Crippen molar-refractivity contribution in [3.05, 3.63) is 0 Å². The summed E-state index contributed by atoms with van der Waals surface area (Å²) in [5.41, 5.74) is 0. The number of hydrogen-bond acceptors (Lipinski definition) is 6. The molecule has 0 atom stereocenters. The van der Waals surface area contributed by atoms with Gasteiger partial charge < -0.3 is 0 Å². The highest BCUT2D eigenvalue weighted by Gasteiger charge is 2.34. The standard InChI is InChI=1S/C8H26N6Si/c1-8-15(9-12(2)3,10-13(4)5)11-14(6)7/h9-11H,8H2,1-7H3. The van der Waals surface area contributed by atoms with E-state index < -0.39 is 8.56 Å². The van der Waals surface area contributed by atoms with Crippen LogP contribution in [0.2, 0.25) is 6.04 Å². The van der Waals surface area contributed by atoms with E-state index in [-0.39, 0.29) is 0 Å². The van der Waals surface area contributed by atoms with Crippen LogP contribution in [0.15, 0.2) is 0 Å². The van der Waals surface area contributed by atoms with Crippen molar-refractivity contribution in [1.82, 2.24) is 30.3 Å². The molecule has 0 bridgehead atoms. The molecule has 15 heavy (non-hydrogen) atoms. The second kappa shape index (κ2) is 6.54. The molecule has 0 aromatic carbocycles. The van der Waals surface area contributed by atoms with Gasteiger partial charge in [0.2, 0.25) is 0 Å². The second-order valence-electron chi connectivity index (χ2n) is 4.28. The van der Waals surface area contributed by atoms with Crippen molar-refractivity contribution in [3.8, 4) is 0 Å². The Hall–Kier alpha value is -0.0231. The van der Waals surface area contributed by atoms with Crippen LogP contribution in [0.1, 0.15) is 6.92 Å². The Kier molecular flexibility index (Phi) is 6.53. The van der Waals surface area contributed by atoms with Crippen LogP contribution >= 0.6 is 0 Å². The first-order valence-corrected chi connectivity index (χ1v) is 7.37. The normalized spacial score (nSPS) is 13.2. The highest BCUT2D eigenvalue weighted by Crippen LogP contribution is 1.98. The monoisotopic (exact) mass is 234 g/mol. The molecule has 0 aliphatic rings. The van der Waals surface area contributed by atoms with E-state index in [0.29, 0.717) is 0 Å². The summed E-state index contributed by atoms with van der Waals surface area (Å²) in [5, 5.41) is 16.4. The molecule has 0 radical (unpaired) electrons. The lowest BCUT2D eigenvalue weighted by atomic mass is 11.0. The molecular formula is C8H26N6Si. The molecule has 0 rings (SSSR count). The first-order valence-electron chi connectivity index (χ1n) is 5.16. The SMILES string of the molecule is CC[Si](NN(C)C)(NN(C)C)NN(C)C. The fourth-order valence-corrected chi connectivity index (χ4v) is 4.37. The van der Waals surface area contributed by atoms with Gasteiger partial charge in [-0.05, 0) is 6.04 Å². The Morgan fingerprint density at radius 3 is 1.13 bits per heavy atom. The Bertz CT molecular complexity index is 146. The van der Waals surface area contributed by atoms with Gasteiger partial charge in [-0.2, -0.15) is 0 Å². The van der Waals surface area contributed by atoms with Gasteiger partial charge in [-0.3, -0.25) is 15.0 Å². The average molecular weight is 234 g/mol. The molecule has 0 saturated heterocycles. The maximum atomic E-state index is 3.47. The molecular weight excluding hydrogens is 208 g/mol. The van der Waals surface area contributed by atoms with Crippen LogP contribution in [0.4, 0.5) is 0 Å². The van der Waals surface area contributed by atoms with Crippen LogP contribution in [0.5, 0.6) is 0 Å². The first kappa shape index (κ1) is 15.0. The fourth-order valence-electron chi connectivity index (χ4n) is 1.46. The van der Waals surface area contributed by atoms with E-state index in [1.807, 2.05) is 57.3 Å². The van der Waals surface area contributed by atoms with Gasteiger partial charge in [-0.15, -0.1) is 0 Å². The summed E-state index contributed by atoms with van der Waals surface area (Å²) in [6.45, 7) is 2.18. The zero-order valence-electron chi connectivity index (χ0n) is 11.0. The first-order chi connectivity index (χ1) is 6.81. The van der Waals surface area contributed by atoms with Crippen LogP contribution in [-0.2, 0) is 0 Å². The Balaban J connectivity index is 4.59. The molecule has 0 fully saturated rings. The largest absolute Gasteiger partial charge is 0.322 e. The predicted octanol–water partition coefficient (Wildman–Crippen LogP) is -0.856. The lowest BCUT2D eigenvalue weighted by Crippen LogP contribution is -2.78. The Morgan fingerprint density at radius 2 is 1.00 bits per heavy atom. The zero-order valence-corrected chi connectivity index (χ0v) is 12.0. The minimum atomic E-state index is -1.93. The van der Waals surface area contributed by atoms with Crippen LogP contribution in [0.3, 0.4) is 0 Å². The third kappa shape index (κ3) is 6.20. The smallest absolute Gasteiger partial charge is 0.255 e. The van der Waals surface area contributed by atoms with Gasteiger partial charge >= 0.3 is 8.56 Å². The van der Waals surface area contributed by atoms with Gasteiger partial charge in [0.05, 0.1) is 0 Å². The van der Waals surface area contributed by atoms with Crippen molar-refractivity contribution in [3.63, 3.8) is 0 Å². The summed E-state index contributed by atoms with van der Waals surface area (Å²) in [7, 11) is 10.1. The molecule has 0 amide bonds. The van der Waals surface area contributed by atoms with E-state index in [0.717, 1.165) is 6.04 Å². The van der Waals surface area contributed by atoms with Crippen LogP contribution in [0.25, 0.3) is 0 Å². The number of nitrogens with one attached hydrogen (secondary N) is 3. The van der Waals surface area contributed by atoms with Crippen molar-refractivity contribution in [1.29, 1.82) is 0 Å². The fraction of sp³-hybridized carbons (Fsp3) is 1.00. The van der Waals surface area contributed by atoms with Crippen molar-refractivity contribution in [2.24, 2.45) is 0 Å². The molecule has 0 aliphatic carbocycles. The van der Waals surface area contributed by atoms with Gasteiger partial charge in [0.15, 0.2) is 0 Å². The second-order valence-corrected chi connectivity index (χ2v) is 7.47. The number of hydrogen-bond donors (Lipinski definition) is 3. The van der Waals surface area contributed by atoms with Gasteiger partial charge in [0.1, 0.15) is 0 Å². The molecule has 0 aromatic rings. The van der Waals surface area contributed by atoms with E-state index >= 15 is 0 Å². The lowest BCUT2D eigenvalue weighted by molar-refractivity contribution is 0.269. The molecule has 0 unspecified atom stereocenters. The minimum absolute atomic E-state index is 1.03. The molecule has 92 valence electrons. The van der Waals surface area contributed by atoms with E-state index in [2.05, 4.69) is 22.2 Å². The van der Waals surface area contributed by atoms with E-state index in [1.165, 1.54) is 0 Å². The molecule has 0 aromatic heterocycles. The van der Waals surface area contributed by atoms with Gasteiger partial charge in [-0.25, -0.2) is 15.3 Å². The highest BCUT2D eigenvalue weighted by atomic mass is 28.4. The van der Waals surface area contributed by atoms with Crippen molar-refractivity contribution in [2.75, 3.05) is 42.3 Å². The van der Waals surface area contributed by atoms with Crippen LogP contribution in [-0.4, -0.2) is 65.9 Å². The molecule has 7 heteroatoms. The number of rotatable bonds is 7. The summed E-state index contributed by atoms with van der Waals surface area (Å²) >= 11 is 0. The van der Waals surface area contributed by atoms with Crippen molar-refractivity contribution >= 4 is 8.56 Å².